The van der Waals surface area contributed by atoms with Gasteiger partial charge >= 0.3 is 0 Å². The van der Waals surface area contributed by atoms with Crippen molar-refractivity contribution in [2.45, 2.75) is 6.54 Å². The number of carbonyl (C=O) groups is 1. The van der Waals surface area contributed by atoms with Gasteiger partial charge in [-0.2, -0.15) is 15.5 Å². The summed E-state index contributed by atoms with van der Waals surface area (Å²) in [6, 6.07) is 11.3. The molecule has 0 unspecified atom stereocenters. The molecule has 162 valence electrons. The minimum atomic E-state index is -0.275. The monoisotopic (exact) mass is 436 g/mol. The van der Waals surface area contributed by atoms with Crippen LogP contribution in [0.3, 0.4) is 0 Å². The van der Waals surface area contributed by atoms with E-state index in [2.05, 4.69) is 40.0 Å². The van der Waals surface area contributed by atoms with Crippen LogP contribution >= 0.6 is 0 Å². The second kappa shape index (κ2) is 9.65. The molecular weight excluding hydrogens is 416 g/mol. The Hall–Kier alpha value is -4.66. The first-order valence-electron chi connectivity index (χ1n) is 10.1. The van der Waals surface area contributed by atoms with Crippen molar-refractivity contribution in [2.75, 3.05) is 19.0 Å². The molecule has 1 N–H and O–H groups in total. The number of ether oxygens (including phenoxy) is 1. The van der Waals surface area contributed by atoms with Gasteiger partial charge in [0.2, 0.25) is 5.91 Å². The van der Waals surface area contributed by atoms with Crippen LogP contribution in [0.2, 0.25) is 0 Å². The van der Waals surface area contributed by atoms with Gasteiger partial charge in [0.05, 0.1) is 42.2 Å². The fourth-order valence-corrected chi connectivity index (χ4v) is 3.25. The van der Waals surface area contributed by atoms with Crippen molar-refractivity contribution >= 4 is 17.1 Å². The zero-order valence-corrected chi connectivity index (χ0v) is 17.9. The molecule has 0 saturated carbocycles. The first-order chi connectivity index (χ1) is 16.1. The van der Waals surface area contributed by atoms with Crippen LogP contribution in [-0.2, 0) is 16.1 Å². The zero-order chi connectivity index (χ0) is 23.2. The Kier molecular flexibility index (Phi) is 6.31. The van der Waals surface area contributed by atoms with Crippen molar-refractivity contribution in [2.24, 2.45) is 0 Å². The van der Waals surface area contributed by atoms with Crippen LogP contribution in [0.15, 0.2) is 67.8 Å². The number of pyridine rings is 1. The van der Waals surface area contributed by atoms with Gasteiger partial charge in [0.1, 0.15) is 6.07 Å². The Balaban J connectivity index is 1.70. The number of nitrogens with zero attached hydrogens (tertiary/aromatic N) is 5. The molecule has 0 fully saturated rings. The first kappa shape index (κ1) is 21.6. The predicted molar refractivity (Wildman–Crippen MR) is 124 cm³/mol. The molecule has 0 atom stereocenters. The molecule has 8 nitrogen and oxygen atoms in total. The zero-order valence-electron chi connectivity index (χ0n) is 17.9. The minimum Gasteiger partial charge on any atom is -0.383 e. The van der Waals surface area contributed by atoms with Crippen LogP contribution in [0, 0.1) is 23.2 Å². The molecule has 4 rings (SSSR count). The third-order valence-corrected chi connectivity index (χ3v) is 4.90. The maximum Gasteiger partial charge on any atom is 0.247 e. The molecule has 3 aromatic heterocycles. The summed E-state index contributed by atoms with van der Waals surface area (Å²) >= 11 is 0. The van der Waals surface area contributed by atoms with Gasteiger partial charge < -0.3 is 10.1 Å². The second-order valence-electron chi connectivity index (χ2n) is 7.11. The van der Waals surface area contributed by atoms with Crippen molar-refractivity contribution in [1.29, 1.82) is 5.26 Å². The van der Waals surface area contributed by atoms with Gasteiger partial charge in [0.15, 0.2) is 0 Å². The molecule has 1 aromatic carbocycles. The summed E-state index contributed by atoms with van der Waals surface area (Å²) in [6.07, 6.45) is 8.31. The molecule has 1 amide bonds. The van der Waals surface area contributed by atoms with Gasteiger partial charge in [-0.3, -0.25) is 9.48 Å². The Morgan fingerprint density at radius 1 is 1.15 bits per heavy atom. The Bertz CT molecular complexity index is 1430. The molecule has 0 saturated heterocycles. The largest absolute Gasteiger partial charge is 0.383 e. The van der Waals surface area contributed by atoms with Crippen molar-refractivity contribution in [3.8, 4) is 29.0 Å². The lowest BCUT2D eigenvalue weighted by atomic mass is 10.1. The van der Waals surface area contributed by atoms with Crippen LogP contribution in [0.25, 0.3) is 16.6 Å². The van der Waals surface area contributed by atoms with Gasteiger partial charge in [-0.1, -0.05) is 18.4 Å². The number of amides is 1. The van der Waals surface area contributed by atoms with Gasteiger partial charge in [0.25, 0.3) is 0 Å². The quantitative estimate of drug-likeness (QED) is 0.370. The molecule has 0 aliphatic carbocycles. The van der Waals surface area contributed by atoms with Gasteiger partial charge in [-0.15, -0.1) is 0 Å². The van der Waals surface area contributed by atoms with Crippen LogP contribution in [0.4, 0.5) is 5.69 Å². The topological polar surface area (TPSA) is 97.2 Å². The van der Waals surface area contributed by atoms with Gasteiger partial charge in [-0.05, 0) is 36.4 Å². The molecule has 33 heavy (non-hydrogen) atoms. The van der Waals surface area contributed by atoms with Crippen LogP contribution < -0.4 is 5.32 Å². The number of carbonyl (C=O) groups excluding carboxylic acids is 1. The molecular formula is C25H20N6O2. The van der Waals surface area contributed by atoms with Crippen LogP contribution in [-0.4, -0.2) is 39.0 Å². The summed E-state index contributed by atoms with van der Waals surface area (Å²) in [5.41, 5.74) is 4.98. The third-order valence-electron chi connectivity index (χ3n) is 4.90. The summed E-state index contributed by atoms with van der Waals surface area (Å²) in [4.78, 5) is 11.4. The van der Waals surface area contributed by atoms with Crippen LogP contribution in [0.1, 0.15) is 16.7 Å². The average molecular weight is 436 g/mol. The summed E-state index contributed by atoms with van der Waals surface area (Å²) in [6.45, 7) is 4.65. The molecule has 3 heterocycles. The highest BCUT2D eigenvalue weighted by atomic mass is 16.5. The number of fused-ring (bicyclic) bond motifs is 1. The lowest BCUT2D eigenvalue weighted by Gasteiger charge is -2.04. The van der Waals surface area contributed by atoms with E-state index in [0.717, 1.165) is 16.7 Å². The standard InChI is InChI=1S/C25H20N6O2/c1-3-24(32)29-23-8-5-18(6-9-23)4-7-19-12-20(17-31-25(19)21(13-26)14-28-31)22-15-27-30(16-22)10-11-33-2/h3,5-6,8-9,12,14-17H,1,10-11H2,2H3,(H,29,32). The number of methoxy groups -OCH3 is 1. The van der Waals surface area contributed by atoms with Crippen molar-refractivity contribution in [3.05, 3.63) is 84.5 Å². The number of hydrogen-bond acceptors (Lipinski definition) is 5. The maximum atomic E-state index is 11.4. The number of nitrogens with one attached hydrogen (secondary N) is 1. The normalized spacial score (nSPS) is 10.3. The number of hydrogen-bond donors (Lipinski definition) is 1. The van der Waals surface area contributed by atoms with Gasteiger partial charge in [0, 0.05) is 41.9 Å². The molecule has 0 spiro atoms. The average Bonchev–Trinajstić information content (AvgIpc) is 3.49. The van der Waals surface area contributed by atoms with E-state index in [1.54, 1.807) is 30.0 Å². The van der Waals surface area contributed by atoms with Crippen LogP contribution in [0.5, 0.6) is 0 Å². The smallest absolute Gasteiger partial charge is 0.247 e. The summed E-state index contributed by atoms with van der Waals surface area (Å²) < 4.78 is 8.59. The SMILES string of the molecule is C=CC(=O)Nc1ccc(C#Cc2cc(-c3cnn(CCOC)c3)cn3ncc(C#N)c23)cc1. The maximum absolute atomic E-state index is 11.4. The highest BCUT2D eigenvalue weighted by Gasteiger charge is 2.12. The van der Waals surface area contributed by atoms with Crippen molar-refractivity contribution in [1.82, 2.24) is 19.4 Å². The Morgan fingerprint density at radius 3 is 2.70 bits per heavy atom. The number of nitriles is 1. The van der Waals surface area contributed by atoms with Crippen molar-refractivity contribution < 1.29 is 9.53 Å². The highest BCUT2D eigenvalue weighted by molar-refractivity contribution is 5.98. The van der Waals surface area contributed by atoms with Crippen molar-refractivity contribution in [3.63, 3.8) is 0 Å². The lowest BCUT2D eigenvalue weighted by molar-refractivity contribution is -0.111. The van der Waals surface area contributed by atoms with Gasteiger partial charge in [-0.25, -0.2) is 4.52 Å². The number of rotatable bonds is 6. The molecule has 0 radical (unpaired) electrons. The second-order valence-corrected chi connectivity index (χ2v) is 7.11. The first-order valence-corrected chi connectivity index (χ1v) is 10.1. The highest BCUT2D eigenvalue weighted by Crippen LogP contribution is 2.24. The Morgan fingerprint density at radius 2 is 1.97 bits per heavy atom. The molecule has 0 bridgehead atoms. The van der Waals surface area contributed by atoms with E-state index in [9.17, 15) is 10.1 Å². The summed E-state index contributed by atoms with van der Waals surface area (Å²) in [5.74, 6) is 6.03. The fourth-order valence-electron chi connectivity index (χ4n) is 3.25. The Labute approximate surface area is 190 Å². The molecule has 4 aromatic rings. The van der Waals surface area contributed by atoms with E-state index in [1.165, 1.54) is 12.3 Å². The van der Waals surface area contributed by atoms with E-state index in [-0.39, 0.29) is 5.91 Å². The summed E-state index contributed by atoms with van der Waals surface area (Å²) in [7, 11) is 1.65. The summed E-state index contributed by atoms with van der Waals surface area (Å²) in [5, 5.41) is 20.9. The molecule has 0 aliphatic rings. The van der Waals surface area contributed by atoms with E-state index in [1.807, 2.05) is 35.3 Å². The number of aromatic nitrogens is 4. The predicted octanol–water partition coefficient (Wildman–Crippen LogP) is 3.24. The number of benzene rings is 1. The minimum absolute atomic E-state index is 0.275. The third kappa shape index (κ3) is 4.82. The van der Waals surface area contributed by atoms with E-state index >= 15 is 0 Å². The molecule has 8 heteroatoms. The van der Waals surface area contributed by atoms with E-state index in [4.69, 9.17) is 4.74 Å². The lowest BCUT2D eigenvalue weighted by Crippen LogP contribution is -2.06. The fraction of sp³-hybridized carbons (Fsp3) is 0.120. The van der Waals surface area contributed by atoms with E-state index < -0.39 is 0 Å². The van der Waals surface area contributed by atoms with E-state index in [0.29, 0.717) is 35.5 Å². The number of anilines is 1. The molecule has 0 aliphatic heterocycles.